The second-order valence-corrected chi connectivity index (χ2v) is 11.0. The smallest absolute Gasteiger partial charge is 0.270 e. The summed E-state index contributed by atoms with van der Waals surface area (Å²) in [5, 5.41) is 6.50. The van der Waals surface area contributed by atoms with E-state index in [4.69, 9.17) is 5.73 Å². The minimum absolute atomic E-state index is 0.0268. The van der Waals surface area contributed by atoms with Crippen molar-refractivity contribution in [3.8, 4) is 0 Å². The average Bonchev–Trinajstić information content (AvgIpc) is 3.00. The zero-order valence-corrected chi connectivity index (χ0v) is 19.7. The molecule has 0 radical (unpaired) electrons. The van der Waals surface area contributed by atoms with E-state index in [-0.39, 0.29) is 40.5 Å². The van der Waals surface area contributed by atoms with Crippen LogP contribution in [0.5, 0.6) is 0 Å². The van der Waals surface area contributed by atoms with Gasteiger partial charge in [0.1, 0.15) is 17.6 Å². The molecule has 4 atom stereocenters. The first-order valence-electron chi connectivity index (χ1n) is 11.3. The predicted molar refractivity (Wildman–Crippen MR) is 121 cm³/mol. The van der Waals surface area contributed by atoms with Crippen molar-refractivity contribution in [1.29, 1.82) is 0 Å². The van der Waals surface area contributed by atoms with Crippen molar-refractivity contribution >= 4 is 11.8 Å². The van der Waals surface area contributed by atoms with E-state index in [1.165, 1.54) is 0 Å². The zero-order chi connectivity index (χ0) is 23.0. The molecule has 0 bridgehead atoms. The van der Waals surface area contributed by atoms with Gasteiger partial charge in [-0.2, -0.15) is 0 Å². The van der Waals surface area contributed by atoms with E-state index in [0.29, 0.717) is 24.8 Å². The van der Waals surface area contributed by atoms with Crippen molar-refractivity contribution in [3.63, 3.8) is 0 Å². The molecule has 2 aliphatic rings. The molecule has 1 aliphatic heterocycles. The number of aromatic nitrogens is 2. The molecule has 1 aromatic heterocycles. The lowest BCUT2D eigenvalue weighted by atomic mass is 9.85. The second kappa shape index (κ2) is 8.82. The van der Waals surface area contributed by atoms with Gasteiger partial charge in [-0.1, -0.05) is 20.8 Å². The Labute approximate surface area is 185 Å². The molecular weight excluding hydrogens is 392 g/mol. The molecule has 2 fully saturated rings. The molecule has 0 spiro atoms. The molecule has 1 aromatic rings. The van der Waals surface area contributed by atoms with Crippen molar-refractivity contribution in [1.82, 2.24) is 25.5 Å². The Morgan fingerprint density at radius 1 is 1.16 bits per heavy atom. The third kappa shape index (κ3) is 5.80. The van der Waals surface area contributed by atoms with Crippen LogP contribution in [0, 0.1) is 0 Å². The molecule has 8 nitrogen and oxygen atoms in total. The number of hydrogen-bond donors (Lipinski definition) is 3. The van der Waals surface area contributed by atoms with E-state index >= 15 is 0 Å². The Bertz CT molecular complexity index is 813. The van der Waals surface area contributed by atoms with Gasteiger partial charge in [0.25, 0.3) is 5.91 Å². The number of amides is 2. The topological polar surface area (TPSA) is 113 Å². The first-order valence-corrected chi connectivity index (χ1v) is 11.3. The molecule has 2 amide bonds. The molecular formula is C23H38N6O2. The summed E-state index contributed by atoms with van der Waals surface area (Å²) in [6, 6.07) is 1.39. The first kappa shape index (κ1) is 23.6. The summed E-state index contributed by atoms with van der Waals surface area (Å²) in [5.74, 6) is 0.225. The van der Waals surface area contributed by atoms with Crippen molar-refractivity contribution < 1.29 is 9.59 Å². The molecule has 1 aliphatic carbocycles. The van der Waals surface area contributed by atoms with Crippen LogP contribution in [0.1, 0.15) is 83.5 Å². The Morgan fingerprint density at radius 3 is 2.48 bits per heavy atom. The Balaban J connectivity index is 1.60. The van der Waals surface area contributed by atoms with Gasteiger partial charge in [-0.25, -0.2) is 9.97 Å². The number of carbonyl (C=O) groups is 2. The van der Waals surface area contributed by atoms with Gasteiger partial charge in [0.15, 0.2) is 0 Å². The summed E-state index contributed by atoms with van der Waals surface area (Å²) in [6.07, 6.45) is 4.90. The Morgan fingerprint density at radius 2 is 1.87 bits per heavy atom. The largest absolute Gasteiger partial charge is 0.339 e. The number of nitrogens with one attached hydrogen (secondary N) is 2. The third-order valence-corrected chi connectivity index (χ3v) is 6.00. The molecule has 0 unspecified atom stereocenters. The lowest BCUT2D eigenvalue weighted by Crippen LogP contribution is -2.57. The van der Waals surface area contributed by atoms with Crippen LogP contribution in [0.4, 0.5) is 0 Å². The summed E-state index contributed by atoms with van der Waals surface area (Å²) in [6.45, 7) is 13.1. The lowest BCUT2D eigenvalue weighted by Gasteiger charge is -2.41. The van der Waals surface area contributed by atoms with Gasteiger partial charge >= 0.3 is 0 Å². The highest BCUT2D eigenvalue weighted by atomic mass is 16.2. The Hall–Kier alpha value is -2.06. The number of carbonyl (C=O) groups excluding carboxylic acids is 2. The molecule has 0 aromatic carbocycles. The van der Waals surface area contributed by atoms with Crippen LogP contribution in [-0.4, -0.2) is 62.9 Å². The summed E-state index contributed by atoms with van der Waals surface area (Å²) in [5.41, 5.74) is 6.56. The van der Waals surface area contributed by atoms with E-state index in [1.54, 1.807) is 12.3 Å². The van der Waals surface area contributed by atoms with Gasteiger partial charge in [-0.15, -0.1) is 0 Å². The SMILES string of the molecule is CC(C)(C)N[C@@H]1CC[C@H](N2CC[C@H](NC(=O)c3ccnc(C(C)(C)C)n3)C2=O)[C@H](N)C1. The van der Waals surface area contributed by atoms with E-state index in [1.807, 2.05) is 25.7 Å². The summed E-state index contributed by atoms with van der Waals surface area (Å²) < 4.78 is 0. The van der Waals surface area contributed by atoms with Crippen LogP contribution in [0.15, 0.2) is 12.3 Å². The Kier molecular flexibility index (Phi) is 6.72. The molecule has 3 rings (SSSR count). The molecule has 1 saturated heterocycles. The molecule has 2 heterocycles. The monoisotopic (exact) mass is 430 g/mol. The maximum atomic E-state index is 13.1. The fraction of sp³-hybridized carbons (Fsp3) is 0.739. The normalized spacial score (nSPS) is 27.5. The molecule has 4 N–H and O–H groups in total. The van der Waals surface area contributed by atoms with E-state index in [0.717, 1.165) is 19.3 Å². The summed E-state index contributed by atoms with van der Waals surface area (Å²) >= 11 is 0. The van der Waals surface area contributed by atoms with Crippen LogP contribution in [0.25, 0.3) is 0 Å². The molecule has 8 heteroatoms. The van der Waals surface area contributed by atoms with Gasteiger partial charge in [-0.3, -0.25) is 9.59 Å². The molecule has 1 saturated carbocycles. The van der Waals surface area contributed by atoms with Crippen molar-refractivity contribution in [2.75, 3.05) is 6.54 Å². The fourth-order valence-electron chi connectivity index (χ4n) is 4.56. The van der Waals surface area contributed by atoms with Crippen LogP contribution < -0.4 is 16.4 Å². The third-order valence-electron chi connectivity index (χ3n) is 6.00. The number of nitrogens with zero attached hydrogens (tertiary/aromatic N) is 3. The fourth-order valence-corrected chi connectivity index (χ4v) is 4.56. The van der Waals surface area contributed by atoms with E-state index in [2.05, 4.69) is 41.4 Å². The van der Waals surface area contributed by atoms with E-state index < -0.39 is 6.04 Å². The number of hydrogen-bond acceptors (Lipinski definition) is 6. The van der Waals surface area contributed by atoms with Crippen molar-refractivity contribution in [2.45, 2.75) is 102 Å². The number of likely N-dealkylation sites (tertiary alicyclic amines) is 1. The van der Waals surface area contributed by atoms with Crippen molar-refractivity contribution in [3.05, 3.63) is 23.8 Å². The van der Waals surface area contributed by atoms with E-state index in [9.17, 15) is 9.59 Å². The predicted octanol–water partition coefficient (Wildman–Crippen LogP) is 1.74. The maximum Gasteiger partial charge on any atom is 0.270 e. The second-order valence-electron chi connectivity index (χ2n) is 11.0. The van der Waals surface area contributed by atoms with Gasteiger partial charge in [0, 0.05) is 41.8 Å². The zero-order valence-electron chi connectivity index (χ0n) is 19.7. The van der Waals surface area contributed by atoms with Gasteiger partial charge in [0.2, 0.25) is 5.91 Å². The lowest BCUT2D eigenvalue weighted by molar-refractivity contribution is -0.132. The molecule has 172 valence electrons. The highest BCUT2D eigenvalue weighted by Gasteiger charge is 2.41. The highest BCUT2D eigenvalue weighted by Crippen LogP contribution is 2.27. The first-order chi connectivity index (χ1) is 14.3. The molecule has 31 heavy (non-hydrogen) atoms. The van der Waals surface area contributed by atoms with Crippen LogP contribution in [0.2, 0.25) is 0 Å². The summed E-state index contributed by atoms with van der Waals surface area (Å²) in [7, 11) is 0. The summed E-state index contributed by atoms with van der Waals surface area (Å²) in [4.78, 5) is 36.3. The minimum atomic E-state index is -0.529. The minimum Gasteiger partial charge on any atom is -0.339 e. The van der Waals surface area contributed by atoms with Crippen LogP contribution in [-0.2, 0) is 10.2 Å². The highest BCUT2D eigenvalue weighted by molar-refractivity contribution is 5.96. The van der Waals surface area contributed by atoms with Gasteiger partial charge in [0.05, 0.1) is 0 Å². The van der Waals surface area contributed by atoms with Crippen molar-refractivity contribution in [2.24, 2.45) is 5.73 Å². The number of nitrogens with two attached hydrogens (primary N) is 1. The van der Waals surface area contributed by atoms with Gasteiger partial charge in [-0.05, 0) is 52.5 Å². The van der Waals surface area contributed by atoms with Crippen LogP contribution >= 0.6 is 0 Å². The average molecular weight is 431 g/mol. The van der Waals surface area contributed by atoms with Gasteiger partial charge < -0.3 is 21.3 Å². The quantitative estimate of drug-likeness (QED) is 0.671. The maximum absolute atomic E-state index is 13.1. The standard InChI is InChI=1S/C23H38N6O2/c1-22(2,3)21-25-11-9-16(27-21)19(30)26-17-10-12-29(20(17)31)18-8-7-14(13-15(18)24)28-23(4,5)6/h9,11,14-15,17-18,28H,7-8,10,12-13,24H2,1-6H3,(H,26,30)/t14-,15-,17+,18+/m1/s1. The number of rotatable bonds is 4. The van der Waals surface area contributed by atoms with Crippen LogP contribution in [0.3, 0.4) is 0 Å².